The molecule has 1 aliphatic rings. The van der Waals surface area contributed by atoms with Gasteiger partial charge in [0.2, 0.25) is 0 Å². The van der Waals surface area contributed by atoms with Gasteiger partial charge in [0.05, 0.1) is 11.3 Å². The second-order valence-electron chi connectivity index (χ2n) is 6.77. The highest BCUT2D eigenvalue weighted by atomic mass is 16.4. The van der Waals surface area contributed by atoms with E-state index in [4.69, 9.17) is 5.73 Å². The third-order valence-electron chi connectivity index (χ3n) is 4.43. The zero-order valence-corrected chi connectivity index (χ0v) is 13.0. The molecule has 1 aromatic rings. The first kappa shape index (κ1) is 15.7. The van der Waals surface area contributed by atoms with E-state index in [1.54, 1.807) is 18.2 Å². The standard InChI is InChI=1S/C17H26N2O2/c1-12(2)10-17(7-3-4-8-17)11-19-15-9-13(18)5-6-14(15)16(20)21/h5-6,9,12,19H,3-4,7-8,10-11,18H2,1-2H3,(H,20,21). The van der Waals surface area contributed by atoms with Gasteiger partial charge in [-0.1, -0.05) is 26.7 Å². The lowest BCUT2D eigenvalue weighted by Gasteiger charge is -2.32. The second-order valence-corrected chi connectivity index (χ2v) is 6.77. The normalized spacial score (nSPS) is 17.1. The maximum Gasteiger partial charge on any atom is 0.337 e. The third kappa shape index (κ3) is 3.90. The number of nitrogens with two attached hydrogens (primary N) is 1. The fraction of sp³-hybridized carbons (Fsp3) is 0.588. The molecular weight excluding hydrogens is 264 g/mol. The van der Waals surface area contributed by atoms with Crippen molar-refractivity contribution in [3.05, 3.63) is 23.8 Å². The Balaban J connectivity index is 2.14. The second kappa shape index (κ2) is 6.37. The molecule has 0 aliphatic heterocycles. The number of benzene rings is 1. The van der Waals surface area contributed by atoms with E-state index in [2.05, 4.69) is 19.2 Å². The lowest BCUT2D eigenvalue weighted by Crippen LogP contribution is -2.29. The molecule has 1 saturated carbocycles. The molecular formula is C17H26N2O2. The Morgan fingerprint density at radius 2 is 2.05 bits per heavy atom. The number of nitrogens with one attached hydrogen (secondary N) is 1. The lowest BCUT2D eigenvalue weighted by molar-refractivity contribution is 0.0698. The molecule has 0 spiro atoms. The van der Waals surface area contributed by atoms with Crippen LogP contribution in [-0.4, -0.2) is 17.6 Å². The molecule has 4 nitrogen and oxygen atoms in total. The van der Waals surface area contributed by atoms with Crippen LogP contribution in [0.15, 0.2) is 18.2 Å². The van der Waals surface area contributed by atoms with Gasteiger partial charge in [-0.25, -0.2) is 4.79 Å². The van der Waals surface area contributed by atoms with E-state index in [0.29, 0.717) is 28.3 Å². The van der Waals surface area contributed by atoms with Gasteiger partial charge in [0, 0.05) is 12.2 Å². The number of aromatic carboxylic acids is 1. The van der Waals surface area contributed by atoms with Gasteiger partial charge in [0.1, 0.15) is 0 Å². The van der Waals surface area contributed by atoms with E-state index in [1.165, 1.54) is 32.1 Å². The number of carbonyl (C=O) groups is 1. The van der Waals surface area contributed by atoms with E-state index in [0.717, 1.165) is 6.54 Å². The Labute approximate surface area is 126 Å². The van der Waals surface area contributed by atoms with Crippen LogP contribution >= 0.6 is 0 Å². The van der Waals surface area contributed by atoms with Gasteiger partial charge in [-0.05, 0) is 48.8 Å². The highest BCUT2D eigenvalue weighted by Gasteiger charge is 2.34. The number of hydrogen-bond acceptors (Lipinski definition) is 3. The molecule has 1 aliphatic carbocycles. The summed E-state index contributed by atoms with van der Waals surface area (Å²) in [7, 11) is 0. The van der Waals surface area contributed by atoms with Crippen LogP contribution in [0.3, 0.4) is 0 Å². The van der Waals surface area contributed by atoms with E-state index < -0.39 is 5.97 Å². The van der Waals surface area contributed by atoms with Crippen molar-refractivity contribution < 1.29 is 9.90 Å². The number of rotatable bonds is 6. The molecule has 2 rings (SSSR count). The van der Waals surface area contributed by atoms with Crippen molar-refractivity contribution in [1.29, 1.82) is 0 Å². The predicted molar refractivity (Wildman–Crippen MR) is 86.7 cm³/mol. The number of hydrogen-bond donors (Lipinski definition) is 3. The molecule has 0 aromatic heterocycles. The van der Waals surface area contributed by atoms with Gasteiger partial charge in [0.25, 0.3) is 0 Å². The van der Waals surface area contributed by atoms with E-state index >= 15 is 0 Å². The molecule has 0 bridgehead atoms. The van der Waals surface area contributed by atoms with Crippen molar-refractivity contribution >= 4 is 17.3 Å². The Hall–Kier alpha value is -1.71. The number of carboxylic acids is 1. The number of carboxylic acid groups (broad SMARTS) is 1. The molecule has 21 heavy (non-hydrogen) atoms. The summed E-state index contributed by atoms with van der Waals surface area (Å²) < 4.78 is 0. The van der Waals surface area contributed by atoms with Crippen LogP contribution in [-0.2, 0) is 0 Å². The predicted octanol–water partition coefficient (Wildman–Crippen LogP) is 3.99. The minimum atomic E-state index is -0.915. The maximum absolute atomic E-state index is 11.3. The summed E-state index contributed by atoms with van der Waals surface area (Å²) in [5, 5.41) is 12.6. The fourth-order valence-corrected chi connectivity index (χ4v) is 3.62. The molecule has 0 amide bonds. The van der Waals surface area contributed by atoms with E-state index in [9.17, 15) is 9.90 Å². The summed E-state index contributed by atoms with van der Waals surface area (Å²) in [5.41, 5.74) is 7.61. The Morgan fingerprint density at radius 3 is 2.62 bits per heavy atom. The summed E-state index contributed by atoms with van der Waals surface area (Å²) in [5.74, 6) is -0.258. The molecule has 0 saturated heterocycles. The summed E-state index contributed by atoms with van der Waals surface area (Å²) >= 11 is 0. The third-order valence-corrected chi connectivity index (χ3v) is 4.43. The van der Waals surface area contributed by atoms with Crippen molar-refractivity contribution in [3.63, 3.8) is 0 Å². The van der Waals surface area contributed by atoms with Gasteiger partial charge in [-0.3, -0.25) is 0 Å². The van der Waals surface area contributed by atoms with Gasteiger partial charge < -0.3 is 16.2 Å². The molecule has 0 unspecified atom stereocenters. The maximum atomic E-state index is 11.3. The van der Waals surface area contributed by atoms with Gasteiger partial charge in [-0.15, -0.1) is 0 Å². The van der Waals surface area contributed by atoms with Crippen molar-refractivity contribution in [2.45, 2.75) is 46.0 Å². The molecule has 4 N–H and O–H groups in total. The van der Waals surface area contributed by atoms with Crippen LogP contribution in [0.4, 0.5) is 11.4 Å². The largest absolute Gasteiger partial charge is 0.478 e. The Kier molecular flexibility index (Phi) is 4.76. The Morgan fingerprint density at radius 1 is 1.38 bits per heavy atom. The highest BCUT2D eigenvalue weighted by Crippen LogP contribution is 2.43. The zero-order chi connectivity index (χ0) is 15.5. The van der Waals surface area contributed by atoms with Crippen molar-refractivity contribution in [1.82, 2.24) is 0 Å². The van der Waals surface area contributed by atoms with Gasteiger partial charge >= 0.3 is 5.97 Å². The lowest BCUT2D eigenvalue weighted by atomic mass is 9.78. The first-order valence-electron chi connectivity index (χ1n) is 7.79. The molecule has 116 valence electrons. The first-order chi connectivity index (χ1) is 9.92. The van der Waals surface area contributed by atoms with E-state index in [1.807, 2.05) is 0 Å². The average molecular weight is 290 g/mol. The quantitative estimate of drug-likeness (QED) is 0.693. The molecule has 1 aromatic carbocycles. The van der Waals surface area contributed by atoms with Crippen LogP contribution in [0.1, 0.15) is 56.3 Å². The summed E-state index contributed by atoms with van der Waals surface area (Å²) in [4.78, 5) is 11.3. The van der Waals surface area contributed by atoms with Crippen molar-refractivity contribution in [2.75, 3.05) is 17.6 Å². The number of nitrogen functional groups attached to an aromatic ring is 1. The number of anilines is 2. The fourth-order valence-electron chi connectivity index (χ4n) is 3.62. The van der Waals surface area contributed by atoms with Gasteiger partial charge in [-0.2, -0.15) is 0 Å². The van der Waals surface area contributed by atoms with Crippen LogP contribution < -0.4 is 11.1 Å². The summed E-state index contributed by atoms with van der Waals surface area (Å²) in [6.07, 6.45) is 6.19. The van der Waals surface area contributed by atoms with Crippen LogP contribution in [0.25, 0.3) is 0 Å². The molecule has 0 heterocycles. The summed E-state index contributed by atoms with van der Waals surface area (Å²) in [6, 6.07) is 4.93. The molecule has 4 heteroatoms. The van der Waals surface area contributed by atoms with Gasteiger partial charge in [0.15, 0.2) is 0 Å². The molecule has 0 radical (unpaired) electrons. The molecule has 1 fully saturated rings. The van der Waals surface area contributed by atoms with Crippen molar-refractivity contribution in [3.8, 4) is 0 Å². The van der Waals surface area contributed by atoms with Crippen LogP contribution in [0.5, 0.6) is 0 Å². The SMILES string of the molecule is CC(C)CC1(CNc2cc(N)ccc2C(=O)O)CCCC1. The minimum absolute atomic E-state index is 0.293. The zero-order valence-electron chi connectivity index (χ0n) is 13.0. The van der Waals surface area contributed by atoms with E-state index in [-0.39, 0.29) is 0 Å². The molecule has 0 atom stereocenters. The topological polar surface area (TPSA) is 75.3 Å². The van der Waals surface area contributed by atoms with Crippen LogP contribution in [0, 0.1) is 11.3 Å². The first-order valence-corrected chi connectivity index (χ1v) is 7.79. The Bertz CT molecular complexity index is 506. The minimum Gasteiger partial charge on any atom is -0.478 e. The van der Waals surface area contributed by atoms with Crippen LogP contribution in [0.2, 0.25) is 0 Å². The summed E-state index contributed by atoms with van der Waals surface area (Å²) in [6.45, 7) is 5.33. The smallest absolute Gasteiger partial charge is 0.337 e. The van der Waals surface area contributed by atoms with Crippen molar-refractivity contribution in [2.24, 2.45) is 11.3 Å². The highest BCUT2D eigenvalue weighted by molar-refractivity contribution is 5.95. The monoisotopic (exact) mass is 290 g/mol. The average Bonchev–Trinajstić information content (AvgIpc) is 2.84.